The molecule has 202 valence electrons. The Morgan fingerprint density at radius 2 is 1.37 bits per heavy atom. The molecular formula is C25H23ClO9S3. The number of hydrogen-bond acceptors (Lipinski definition) is 9. The molecule has 3 aromatic rings. The highest BCUT2D eigenvalue weighted by Crippen LogP contribution is 2.32. The lowest BCUT2D eigenvalue weighted by Crippen LogP contribution is -2.09. The van der Waals surface area contributed by atoms with E-state index >= 15 is 0 Å². The summed E-state index contributed by atoms with van der Waals surface area (Å²) in [5.41, 5.74) is 2.32. The molecule has 3 aromatic carbocycles. The molecule has 0 saturated heterocycles. The monoisotopic (exact) mass is 598 g/mol. The molecule has 0 heterocycles. The third-order valence-corrected chi connectivity index (χ3v) is 6.82. The van der Waals surface area contributed by atoms with E-state index in [2.05, 4.69) is 0 Å². The molecule has 0 aliphatic rings. The summed E-state index contributed by atoms with van der Waals surface area (Å²) in [5, 5.41) is 9.04. The average molecular weight is 599 g/mol. The second kappa shape index (κ2) is 12.6. The summed E-state index contributed by atoms with van der Waals surface area (Å²) >= 11 is 7.68. The number of benzene rings is 3. The van der Waals surface area contributed by atoms with Gasteiger partial charge < -0.3 is 18.2 Å². The standard InChI is InChI=1S/C25H23ClO9S3/c1-37(29,30)34-19-7-3-17(4-8-19)22(18-5-9-20(10-6-18)35-38(2,31)32)13-14-36-21-11-12-24(23(26)15-21)33-16-25(27)28/h3-13,15H,14,16H2,1-2H3,(H,27,28). The Kier molecular flexibility index (Phi) is 9.71. The molecule has 0 unspecified atom stereocenters. The minimum atomic E-state index is -3.67. The van der Waals surface area contributed by atoms with Crippen LogP contribution in [-0.4, -0.2) is 52.8 Å². The first-order valence-electron chi connectivity index (χ1n) is 10.8. The summed E-state index contributed by atoms with van der Waals surface area (Å²) in [6.07, 6.45) is 3.87. The van der Waals surface area contributed by atoms with Crippen LogP contribution in [0.3, 0.4) is 0 Å². The predicted octanol–water partition coefficient (Wildman–Crippen LogP) is 4.70. The Labute approximate surface area is 230 Å². The van der Waals surface area contributed by atoms with Gasteiger partial charge in [0.1, 0.15) is 17.2 Å². The van der Waals surface area contributed by atoms with Gasteiger partial charge in [-0.3, -0.25) is 0 Å². The molecular weight excluding hydrogens is 576 g/mol. The van der Waals surface area contributed by atoms with E-state index in [1.165, 1.54) is 36.0 Å². The fourth-order valence-corrected chi connectivity index (χ4v) is 5.21. The first kappa shape index (κ1) is 29.4. The first-order chi connectivity index (χ1) is 17.8. The van der Waals surface area contributed by atoms with Crippen LogP contribution in [0.25, 0.3) is 5.57 Å². The number of aliphatic carboxylic acids is 1. The van der Waals surface area contributed by atoms with Crippen molar-refractivity contribution in [1.29, 1.82) is 0 Å². The Morgan fingerprint density at radius 3 is 1.79 bits per heavy atom. The second-order valence-electron chi connectivity index (χ2n) is 7.83. The second-order valence-corrected chi connectivity index (χ2v) is 12.5. The zero-order valence-corrected chi connectivity index (χ0v) is 23.4. The number of carboxylic acids is 1. The van der Waals surface area contributed by atoms with Gasteiger partial charge in [0.05, 0.1) is 17.5 Å². The number of carbonyl (C=O) groups is 1. The Hall–Kier alpha value is -3.19. The number of carboxylic acid groups (broad SMARTS) is 1. The van der Waals surface area contributed by atoms with Gasteiger partial charge in [-0.15, -0.1) is 11.8 Å². The van der Waals surface area contributed by atoms with Crippen molar-refractivity contribution >= 4 is 55.1 Å². The fraction of sp³-hybridized carbons (Fsp3) is 0.160. The van der Waals surface area contributed by atoms with Gasteiger partial charge in [0.2, 0.25) is 0 Å². The smallest absolute Gasteiger partial charge is 0.341 e. The number of halogens is 1. The van der Waals surface area contributed by atoms with Crippen LogP contribution in [0.1, 0.15) is 11.1 Å². The number of thioether (sulfide) groups is 1. The fourth-order valence-electron chi connectivity index (χ4n) is 3.18. The Bertz CT molecular complexity index is 1450. The number of hydrogen-bond donors (Lipinski definition) is 1. The topological polar surface area (TPSA) is 133 Å². The molecule has 13 heteroatoms. The zero-order chi connectivity index (χ0) is 27.9. The molecule has 38 heavy (non-hydrogen) atoms. The van der Waals surface area contributed by atoms with E-state index in [0.717, 1.165) is 34.1 Å². The molecule has 0 bridgehead atoms. The van der Waals surface area contributed by atoms with Crippen molar-refractivity contribution in [3.63, 3.8) is 0 Å². The molecule has 0 aliphatic carbocycles. The van der Waals surface area contributed by atoms with Gasteiger partial charge in [0, 0.05) is 10.6 Å². The molecule has 0 fully saturated rings. The Morgan fingerprint density at radius 1 is 0.868 bits per heavy atom. The average Bonchev–Trinajstić information content (AvgIpc) is 2.81. The van der Waals surface area contributed by atoms with Crippen molar-refractivity contribution in [2.24, 2.45) is 0 Å². The van der Waals surface area contributed by atoms with Crippen molar-refractivity contribution in [3.05, 3.63) is 89.0 Å². The maximum atomic E-state index is 11.4. The molecule has 0 saturated carbocycles. The van der Waals surface area contributed by atoms with Crippen molar-refractivity contribution in [2.45, 2.75) is 4.90 Å². The molecule has 3 rings (SSSR count). The quantitative estimate of drug-likeness (QED) is 0.231. The van der Waals surface area contributed by atoms with Gasteiger partial charge in [-0.05, 0) is 59.2 Å². The Balaban J connectivity index is 1.85. The van der Waals surface area contributed by atoms with E-state index < -0.39 is 32.8 Å². The van der Waals surface area contributed by atoms with Crippen molar-refractivity contribution in [2.75, 3.05) is 24.9 Å². The normalized spacial score (nSPS) is 11.4. The van der Waals surface area contributed by atoms with Crippen molar-refractivity contribution in [3.8, 4) is 17.2 Å². The largest absolute Gasteiger partial charge is 0.480 e. The highest BCUT2D eigenvalue weighted by atomic mass is 35.5. The highest BCUT2D eigenvalue weighted by molar-refractivity contribution is 7.99. The van der Waals surface area contributed by atoms with Crippen LogP contribution in [0, 0.1) is 0 Å². The van der Waals surface area contributed by atoms with Crippen molar-refractivity contribution < 1.29 is 39.8 Å². The van der Waals surface area contributed by atoms with Crippen molar-refractivity contribution in [1.82, 2.24) is 0 Å². The van der Waals surface area contributed by atoms with Gasteiger partial charge in [-0.2, -0.15) is 16.8 Å². The van der Waals surface area contributed by atoms with Crippen LogP contribution in [0.5, 0.6) is 17.2 Å². The van der Waals surface area contributed by atoms with Crippen LogP contribution < -0.4 is 13.1 Å². The highest BCUT2D eigenvalue weighted by Gasteiger charge is 2.11. The van der Waals surface area contributed by atoms with Gasteiger partial charge in [-0.25, -0.2) is 4.79 Å². The van der Waals surface area contributed by atoms with Crippen LogP contribution >= 0.6 is 23.4 Å². The molecule has 1 N–H and O–H groups in total. The van der Waals surface area contributed by atoms with E-state index in [1.54, 1.807) is 42.5 Å². The maximum absolute atomic E-state index is 11.4. The summed E-state index contributed by atoms with van der Waals surface area (Å²) in [6, 6.07) is 18.0. The molecule has 9 nitrogen and oxygen atoms in total. The summed E-state index contributed by atoms with van der Waals surface area (Å²) in [7, 11) is -7.34. The summed E-state index contributed by atoms with van der Waals surface area (Å²) in [4.78, 5) is 11.5. The lowest BCUT2D eigenvalue weighted by Gasteiger charge is -2.12. The van der Waals surface area contributed by atoms with Crippen LogP contribution in [0.4, 0.5) is 0 Å². The van der Waals surface area contributed by atoms with Gasteiger partial charge in [-0.1, -0.05) is 41.9 Å². The predicted molar refractivity (Wildman–Crippen MR) is 146 cm³/mol. The molecule has 0 spiro atoms. The molecule has 0 atom stereocenters. The summed E-state index contributed by atoms with van der Waals surface area (Å²) < 4.78 is 60.7. The summed E-state index contributed by atoms with van der Waals surface area (Å²) in [5.74, 6) is -0.000571. The van der Waals surface area contributed by atoms with E-state index in [9.17, 15) is 21.6 Å². The van der Waals surface area contributed by atoms with Crippen LogP contribution in [0.15, 0.2) is 77.7 Å². The maximum Gasteiger partial charge on any atom is 0.341 e. The van der Waals surface area contributed by atoms with E-state index in [-0.39, 0.29) is 22.3 Å². The van der Waals surface area contributed by atoms with E-state index in [0.29, 0.717) is 5.75 Å². The van der Waals surface area contributed by atoms with Crippen LogP contribution in [0.2, 0.25) is 5.02 Å². The molecule has 0 aliphatic heterocycles. The number of ether oxygens (including phenoxy) is 1. The zero-order valence-electron chi connectivity index (χ0n) is 20.2. The lowest BCUT2D eigenvalue weighted by atomic mass is 9.97. The molecule has 0 aromatic heterocycles. The number of rotatable bonds is 12. The SMILES string of the molecule is CS(=O)(=O)Oc1ccc(C(=CCSc2ccc(OCC(=O)O)c(Cl)c2)c2ccc(OS(C)(=O)=O)cc2)cc1. The third-order valence-electron chi connectivity index (χ3n) is 4.62. The van der Waals surface area contributed by atoms with E-state index in [1.807, 2.05) is 6.08 Å². The third kappa shape index (κ3) is 9.60. The molecule has 0 radical (unpaired) electrons. The minimum absolute atomic E-state index is 0.168. The first-order valence-corrected chi connectivity index (χ1v) is 15.8. The van der Waals surface area contributed by atoms with Crippen LogP contribution in [-0.2, 0) is 25.0 Å². The molecule has 0 amide bonds. The van der Waals surface area contributed by atoms with Gasteiger partial charge in [0.15, 0.2) is 6.61 Å². The summed E-state index contributed by atoms with van der Waals surface area (Å²) in [6.45, 7) is -0.500. The minimum Gasteiger partial charge on any atom is -0.480 e. The van der Waals surface area contributed by atoms with E-state index in [4.69, 9.17) is 29.8 Å². The lowest BCUT2D eigenvalue weighted by molar-refractivity contribution is -0.139. The van der Waals surface area contributed by atoms with Gasteiger partial charge >= 0.3 is 26.2 Å². The van der Waals surface area contributed by atoms with Gasteiger partial charge in [0.25, 0.3) is 0 Å².